The lowest BCUT2D eigenvalue weighted by atomic mass is 10.2. The van der Waals surface area contributed by atoms with Crippen LogP contribution in [0.2, 0.25) is 10.0 Å². The standard InChI is InChI=1S/C16H14BrCl2N3O3S/c1-22(26(24,25)14-6-3-12(17)4-7-14)10-16(23)21-20-9-11-2-5-13(18)8-15(11)19/h2-9H,10H2,1H3,(H,21,23)/b20-9-. The molecule has 0 spiro atoms. The van der Waals surface area contributed by atoms with E-state index in [2.05, 4.69) is 26.5 Å². The largest absolute Gasteiger partial charge is 0.272 e. The predicted octanol–water partition coefficient (Wildman–Crippen LogP) is 3.53. The highest BCUT2D eigenvalue weighted by Gasteiger charge is 2.22. The first-order valence-corrected chi connectivity index (χ1v) is 10.2. The molecule has 0 aromatic heterocycles. The van der Waals surface area contributed by atoms with Gasteiger partial charge in [-0.25, -0.2) is 13.8 Å². The predicted molar refractivity (Wildman–Crippen MR) is 106 cm³/mol. The Morgan fingerprint density at radius 3 is 2.50 bits per heavy atom. The van der Waals surface area contributed by atoms with Crippen LogP contribution in [0.25, 0.3) is 0 Å². The van der Waals surface area contributed by atoms with E-state index in [1.807, 2.05) is 0 Å². The highest BCUT2D eigenvalue weighted by molar-refractivity contribution is 9.10. The summed E-state index contributed by atoms with van der Waals surface area (Å²) in [7, 11) is -2.46. The van der Waals surface area contributed by atoms with E-state index in [0.29, 0.717) is 15.6 Å². The summed E-state index contributed by atoms with van der Waals surface area (Å²) in [5, 5.41) is 4.63. The van der Waals surface area contributed by atoms with Gasteiger partial charge in [-0.15, -0.1) is 0 Å². The van der Waals surface area contributed by atoms with Gasteiger partial charge in [0, 0.05) is 22.1 Å². The zero-order valence-electron chi connectivity index (χ0n) is 13.5. The first-order chi connectivity index (χ1) is 12.2. The number of carbonyl (C=O) groups excluding carboxylic acids is 1. The third-order valence-electron chi connectivity index (χ3n) is 3.24. The van der Waals surface area contributed by atoms with Gasteiger partial charge < -0.3 is 0 Å². The van der Waals surface area contributed by atoms with Crippen LogP contribution < -0.4 is 5.43 Å². The Labute approximate surface area is 170 Å². The lowest BCUT2D eigenvalue weighted by Gasteiger charge is -2.16. The van der Waals surface area contributed by atoms with Crippen molar-refractivity contribution in [1.29, 1.82) is 0 Å². The minimum Gasteiger partial charge on any atom is -0.272 e. The number of hydrogen-bond donors (Lipinski definition) is 1. The monoisotopic (exact) mass is 477 g/mol. The van der Waals surface area contributed by atoms with E-state index >= 15 is 0 Å². The Bertz CT molecular complexity index is 934. The van der Waals surface area contributed by atoms with Gasteiger partial charge >= 0.3 is 0 Å². The van der Waals surface area contributed by atoms with Crippen molar-refractivity contribution >= 4 is 61.3 Å². The minimum absolute atomic E-state index is 0.0902. The fourth-order valence-corrected chi connectivity index (χ4v) is 3.74. The van der Waals surface area contributed by atoms with Crippen LogP contribution in [0.5, 0.6) is 0 Å². The summed E-state index contributed by atoms with van der Waals surface area (Å²) in [6.45, 7) is -0.385. The fourth-order valence-electron chi connectivity index (χ4n) is 1.89. The molecular weight excluding hydrogens is 465 g/mol. The quantitative estimate of drug-likeness (QED) is 0.509. The molecule has 0 saturated heterocycles. The van der Waals surface area contributed by atoms with Gasteiger partial charge in [0.1, 0.15) is 0 Å². The lowest BCUT2D eigenvalue weighted by molar-refractivity contribution is -0.121. The van der Waals surface area contributed by atoms with Gasteiger partial charge in [-0.1, -0.05) is 45.2 Å². The molecule has 0 saturated carbocycles. The van der Waals surface area contributed by atoms with Gasteiger partial charge in [0.25, 0.3) is 5.91 Å². The van der Waals surface area contributed by atoms with Crippen LogP contribution in [0.3, 0.4) is 0 Å². The van der Waals surface area contributed by atoms with Crippen LogP contribution in [0, 0.1) is 0 Å². The van der Waals surface area contributed by atoms with Crippen molar-refractivity contribution in [1.82, 2.24) is 9.73 Å². The highest BCUT2D eigenvalue weighted by atomic mass is 79.9. The molecule has 0 heterocycles. The number of hydrogen-bond acceptors (Lipinski definition) is 4. The topological polar surface area (TPSA) is 78.8 Å². The van der Waals surface area contributed by atoms with Crippen molar-refractivity contribution in [3.05, 3.63) is 62.5 Å². The van der Waals surface area contributed by atoms with Crippen LogP contribution in [0.4, 0.5) is 0 Å². The minimum atomic E-state index is -3.78. The summed E-state index contributed by atoms with van der Waals surface area (Å²) in [5.41, 5.74) is 2.82. The molecule has 0 radical (unpaired) electrons. The molecule has 26 heavy (non-hydrogen) atoms. The van der Waals surface area contributed by atoms with Crippen molar-refractivity contribution in [2.75, 3.05) is 13.6 Å². The third kappa shape index (κ3) is 5.52. The third-order valence-corrected chi connectivity index (χ3v) is 6.15. The van der Waals surface area contributed by atoms with Gasteiger partial charge in [0.2, 0.25) is 10.0 Å². The number of nitrogens with one attached hydrogen (secondary N) is 1. The highest BCUT2D eigenvalue weighted by Crippen LogP contribution is 2.19. The fraction of sp³-hybridized carbons (Fsp3) is 0.125. The summed E-state index contributed by atoms with van der Waals surface area (Å²) in [6.07, 6.45) is 1.35. The molecule has 6 nitrogen and oxygen atoms in total. The second kappa shape index (κ2) is 8.96. The molecule has 2 rings (SSSR count). The Balaban J connectivity index is 1.98. The first kappa shape index (κ1) is 20.9. The van der Waals surface area contributed by atoms with E-state index in [-0.39, 0.29) is 11.4 Å². The van der Waals surface area contributed by atoms with E-state index in [4.69, 9.17) is 23.2 Å². The maximum Gasteiger partial charge on any atom is 0.255 e. The molecule has 138 valence electrons. The number of likely N-dealkylation sites (N-methyl/N-ethyl adjacent to an activating group) is 1. The zero-order valence-corrected chi connectivity index (χ0v) is 17.4. The molecule has 0 atom stereocenters. The Morgan fingerprint density at radius 1 is 1.23 bits per heavy atom. The van der Waals surface area contributed by atoms with Gasteiger partial charge in [0.05, 0.1) is 22.7 Å². The molecule has 1 amide bonds. The molecule has 1 N–H and O–H groups in total. The van der Waals surface area contributed by atoms with Crippen molar-refractivity contribution in [2.24, 2.45) is 5.10 Å². The van der Waals surface area contributed by atoms with Crippen LogP contribution in [0.1, 0.15) is 5.56 Å². The van der Waals surface area contributed by atoms with Crippen molar-refractivity contribution in [3.8, 4) is 0 Å². The maximum absolute atomic E-state index is 12.4. The molecule has 2 aromatic rings. The van der Waals surface area contributed by atoms with Crippen molar-refractivity contribution < 1.29 is 13.2 Å². The smallest absolute Gasteiger partial charge is 0.255 e. The molecule has 0 bridgehead atoms. The Morgan fingerprint density at radius 2 is 1.88 bits per heavy atom. The number of sulfonamides is 1. The normalized spacial score (nSPS) is 11.9. The number of amides is 1. The number of carbonyl (C=O) groups is 1. The average molecular weight is 479 g/mol. The number of hydrazone groups is 1. The molecule has 10 heteroatoms. The van der Waals surface area contributed by atoms with Gasteiger partial charge in [-0.2, -0.15) is 9.41 Å². The number of benzene rings is 2. The summed E-state index contributed by atoms with van der Waals surface area (Å²) < 4.78 is 26.5. The van der Waals surface area contributed by atoms with Crippen LogP contribution in [-0.2, 0) is 14.8 Å². The molecule has 0 unspecified atom stereocenters. The summed E-state index contributed by atoms with van der Waals surface area (Å²) in [4.78, 5) is 12.0. The lowest BCUT2D eigenvalue weighted by Crippen LogP contribution is -2.36. The first-order valence-electron chi connectivity index (χ1n) is 7.19. The molecule has 0 fully saturated rings. The second-order valence-electron chi connectivity index (χ2n) is 5.17. The van der Waals surface area contributed by atoms with E-state index in [1.165, 1.54) is 25.4 Å². The van der Waals surface area contributed by atoms with Crippen LogP contribution >= 0.6 is 39.1 Å². The van der Waals surface area contributed by atoms with E-state index in [0.717, 1.165) is 8.78 Å². The number of rotatable bonds is 6. The molecule has 2 aromatic carbocycles. The SMILES string of the molecule is CN(CC(=O)N/N=C\c1ccc(Cl)cc1Cl)S(=O)(=O)c1ccc(Br)cc1. The Hall–Kier alpha value is -1.45. The summed E-state index contributed by atoms with van der Waals surface area (Å²) >= 11 is 15.0. The molecule has 0 aliphatic heterocycles. The molecule has 0 aliphatic rings. The average Bonchev–Trinajstić information content (AvgIpc) is 2.57. The Kier molecular flexibility index (Phi) is 7.19. The maximum atomic E-state index is 12.4. The van der Waals surface area contributed by atoms with Crippen LogP contribution in [-0.4, -0.2) is 38.4 Å². The second-order valence-corrected chi connectivity index (χ2v) is 8.98. The zero-order chi connectivity index (χ0) is 19.3. The van der Waals surface area contributed by atoms with Gasteiger partial charge in [0.15, 0.2) is 0 Å². The summed E-state index contributed by atoms with van der Waals surface area (Å²) in [5.74, 6) is -0.588. The van der Waals surface area contributed by atoms with Crippen molar-refractivity contribution in [2.45, 2.75) is 4.90 Å². The molecule has 0 aliphatic carbocycles. The van der Waals surface area contributed by atoms with Crippen LogP contribution in [0.15, 0.2) is 56.9 Å². The number of nitrogens with zero attached hydrogens (tertiary/aromatic N) is 2. The van der Waals surface area contributed by atoms with Gasteiger partial charge in [-0.3, -0.25) is 4.79 Å². The van der Waals surface area contributed by atoms with E-state index < -0.39 is 15.9 Å². The number of halogens is 3. The molecular formula is C16H14BrCl2N3O3S. The van der Waals surface area contributed by atoms with Gasteiger partial charge in [-0.05, 0) is 36.4 Å². The van der Waals surface area contributed by atoms with E-state index in [9.17, 15) is 13.2 Å². The summed E-state index contributed by atoms with van der Waals surface area (Å²) in [6, 6.07) is 11.0. The van der Waals surface area contributed by atoms with Crippen molar-refractivity contribution in [3.63, 3.8) is 0 Å². The van der Waals surface area contributed by atoms with E-state index in [1.54, 1.807) is 30.3 Å².